The fraction of sp³-hybridized carbons (Fsp3) is 0.125. The van der Waals surface area contributed by atoms with Gasteiger partial charge in [-0.2, -0.15) is 5.26 Å². The first-order chi connectivity index (χ1) is 6.07. The standard InChI is InChI=1S/C8H3BrF3N/c9-7-4(1-2-13)8(12)6(11)3-5(7)10/h3H,1H2. The minimum absolute atomic E-state index is 0.201. The third kappa shape index (κ3) is 1.83. The second kappa shape index (κ2) is 3.79. The Hall–Kier alpha value is -1.02. The molecule has 0 saturated carbocycles. The molecule has 0 aromatic heterocycles. The van der Waals surface area contributed by atoms with Gasteiger partial charge in [0.15, 0.2) is 11.6 Å². The zero-order valence-electron chi connectivity index (χ0n) is 6.24. The third-order valence-corrected chi connectivity index (χ3v) is 2.32. The Morgan fingerprint density at radius 1 is 1.31 bits per heavy atom. The Morgan fingerprint density at radius 3 is 2.46 bits per heavy atom. The van der Waals surface area contributed by atoms with Crippen molar-refractivity contribution in [3.05, 3.63) is 33.6 Å². The fourth-order valence-electron chi connectivity index (χ4n) is 0.857. The van der Waals surface area contributed by atoms with Crippen LogP contribution in [0, 0.1) is 28.8 Å². The Balaban J connectivity index is 3.39. The quantitative estimate of drug-likeness (QED) is 0.703. The lowest BCUT2D eigenvalue weighted by Gasteiger charge is -2.03. The summed E-state index contributed by atoms with van der Waals surface area (Å²) in [5, 5.41) is 8.27. The molecular formula is C8H3BrF3N. The number of hydrogen-bond acceptors (Lipinski definition) is 1. The molecule has 0 saturated heterocycles. The maximum Gasteiger partial charge on any atom is 0.164 e. The SMILES string of the molecule is N#CCc1c(F)c(F)cc(F)c1Br. The number of benzene rings is 1. The van der Waals surface area contributed by atoms with Gasteiger partial charge in [-0.3, -0.25) is 0 Å². The molecule has 5 heteroatoms. The zero-order valence-corrected chi connectivity index (χ0v) is 7.83. The zero-order chi connectivity index (χ0) is 10.0. The number of nitriles is 1. The summed E-state index contributed by atoms with van der Waals surface area (Å²) in [6.45, 7) is 0. The normalized spacial score (nSPS) is 9.77. The first kappa shape index (κ1) is 10.1. The molecule has 0 spiro atoms. The van der Waals surface area contributed by atoms with Gasteiger partial charge in [0, 0.05) is 11.6 Å². The molecule has 0 aliphatic rings. The molecule has 0 aliphatic heterocycles. The van der Waals surface area contributed by atoms with E-state index in [0.717, 1.165) is 0 Å². The number of rotatable bonds is 1. The fourth-order valence-corrected chi connectivity index (χ4v) is 1.29. The van der Waals surface area contributed by atoms with Gasteiger partial charge in [-0.15, -0.1) is 0 Å². The number of nitrogens with zero attached hydrogens (tertiary/aromatic N) is 1. The summed E-state index contributed by atoms with van der Waals surface area (Å²) in [4.78, 5) is 0. The molecule has 68 valence electrons. The summed E-state index contributed by atoms with van der Waals surface area (Å²) >= 11 is 2.73. The van der Waals surface area contributed by atoms with E-state index in [1.807, 2.05) is 0 Å². The van der Waals surface area contributed by atoms with Crippen LogP contribution in [-0.2, 0) is 6.42 Å². The Bertz CT molecular complexity index is 358. The molecule has 0 aliphatic carbocycles. The molecule has 1 nitrogen and oxygen atoms in total. The molecule has 0 fully saturated rings. The highest BCUT2D eigenvalue weighted by Crippen LogP contribution is 2.25. The topological polar surface area (TPSA) is 23.8 Å². The van der Waals surface area contributed by atoms with Gasteiger partial charge >= 0.3 is 0 Å². The van der Waals surface area contributed by atoms with Crippen LogP contribution in [0.15, 0.2) is 10.5 Å². The summed E-state index contributed by atoms with van der Waals surface area (Å²) in [6.07, 6.45) is -0.374. The number of hydrogen-bond donors (Lipinski definition) is 0. The first-order valence-electron chi connectivity index (χ1n) is 3.26. The van der Waals surface area contributed by atoms with Crippen molar-refractivity contribution in [2.75, 3.05) is 0 Å². The maximum absolute atomic E-state index is 12.9. The van der Waals surface area contributed by atoms with Crippen LogP contribution in [0.2, 0.25) is 0 Å². The summed E-state index contributed by atoms with van der Waals surface area (Å²) < 4.78 is 38.1. The van der Waals surface area contributed by atoms with Crippen LogP contribution in [0.4, 0.5) is 13.2 Å². The first-order valence-corrected chi connectivity index (χ1v) is 4.06. The van der Waals surface area contributed by atoms with Crippen LogP contribution in [0.25, 0.3) is 0 Å². The van der Waals surface area contributed by atoms with Crippen LogP contribution in [0.1, 0.15) is 5.56 Å². The van der Waals surface area contributed by atoms with Gasteiger partial charge in [-0.1, -0.05) is 0 Å². The molecule has 0 radical (unpaired) electrons. The third-order valence-electron chi connectivity index (χ3n) is 1.46. The van der Waals surface area contributed by atoms with E-state index in [2.05, 4.69) is 15.9 Å². The molecule has 1 rings (SSSR count). The van der Waals surface area contributed by atoms with Gasteiger partial charge < -0.3 is 0 Å². The molecule has 0 bridgehead atoms. The van der Waals surface area contributed by atoms with Gasteiger partial charge in [0.1, 0.15) is 5.82 Å². The minimum Gasteiger partial charge on any atom is -0.206 e. The van der Waals surface area contributed by atoms with Crippen LogP contribution in [-0.4, -0.2) is 0 Å². The summed E-state index contributed by atoms with van der Waals surface area (Å²) in [7, 11) is 0. The number of halogens is 4. The van der Waals surface area contributed by atoms with E-state index >= 15 is 0 Å². The van der Waals surface area contributed by atoms with Crippen molar-refractivity contribution in [2.24, 2.45) is 0 Å². The molecule has 0 atom stereocenters. The molecule has 1 aromatic carbocycles. The van der Waals surface area contributed by atoms with Gasteiger partial charge in [0.25, 0.3) is 0 Å². The lowest BCUT2D eigenvalue weighted by Crippen LogP contribution is -1.98. The predicted molar refractivity (Wildman–Crippen MR) is 43.3 cm³/mol. The van der Waals surface area contributed by atoms with Crippen molar-refractivity contribution in [3.63, 3.8) is 0 Å². The molecule has 0 N–H and O–H groups in total. The molecule has 0 amide bonds. The van der Waals surface area contributed by atoms with Crippen molar-refractivity contribution < 1.29 is 13.2 Å². The van der Waals surface area contributed by atoms with Gasteiger partial charge in [-0.25, -0.2) is 13.2 Å². The van der Waals surface area contributed by atoms with E-state index in [9.17, 15) is 13.2 Å². The average Bonchev–Trinajstić information content (AvgIpc) is 2.09. The van der Waals surface area contributed by atoms with E-state index in [1.54, 1.807) is 6.07 Å². The van der Waals surface area contributed by atoms with Crippen molar-refractivity contribution in [1.82, 2.24) is 0 Å². The Kier molecular flexibility index (Phi) is 2.94. The van der Waals surface area contributed by atoms with E-state index < -0.39 is 17.5 Å². The minimum atomic E-state index is -1.29. The van der Waals surface area contributed by atoms with Gasteiger partial charge in [0.05, 0.1) is 17.0 Å². The van der Waals surface area contributed by atoms with Crippen molar-refractivity contribution >= 4 is 15.9 Å². The molecule has 0 heterocycles. The second-order valence-electron chi connectivity index (χ2n) is 2.28. The van der Waals surface area contributed by atoms with Crippen LogP contribution in [0.5, 0.6) is 0 Å². The summed E-state index contributed by atoms with van der Waals surface area (Å²) in [5.74, 6) is -3.38. The lowest BCUT2D eigenvalue weighted by molar-refractivity contribution is 0.485. The van der Waals surface area contributed by atoms with Crippen LogP contribution >= 0.6 is 15.9 Å². The van der Waals surface area contributed by atoms with Crippen molar-refractivity contribution in [1.29, 1.82) is 5.26 Å². The smallest absolute Gasteiger partial charge is 0.164 e. The van der Waals surface area contributed by atoms with Crippen molar-refractivity contribution in [3.8, 4) is 6.07 Å². The molecule has 1 aromatic rings. The highest BCUT2D eigenvalue weighted by Gasteiger charge is 2.16. The molecular weight excluding hydrogens is 247 g/mol. The highest BCUT2D eigenvalue weighted by molar-refractivity contribution is 9.10. The van der Waals surface area contributed by atoms with E-state index in [0.29, 0.717) is 6.07 Å². The molecule has 0 unspecified atom stereocenters. The van der Waals surface area contributed by atoms with Crippen molar-refractivity contribution in [2.45, 2.75) is 6.42 Å². The summed E-state index contributed by atoms with van der Waals surface area (Å²) in [5.41, 5.74) is -0.292. The predicted octanol–water partition coefficient (Wildman–Crippen LogP) is 2.93. The van der Waals surface area contributed by atoms with Gasteiger partial charge in [0.2, 0.25) is 0 Å². The largest absolute Gasteiger partial charge is 0.206 e. The lowest BCUT2D eigenvalue weighted by atomic mass is 10.1. The van der Waals surface area contributed by atoms with E-state index in [-0.39, 0.29) is 16.5 Å². The van der Waals surface area contributed by atoms with Crippen LogP contribution in [0.3, 0.4) is 0 Å². The van der Waals surface area contributed by atoms with E-state index in [4.69, 9.17) is 5.26 Å². The van der Waals surface area contributed by atoms with Crippen LogP contribution < -0.4 is 0 Å². The Morgan fingerprint density at radius 2 is 1.92 bits per heavy atom. The second-order valence-corrected chi connectivity index (χ2v) is 3.07. The molecule has 13 heavy (non-hydrogen) atoms. The monoisotopic (exact) mass is 249 g/mol. The summed E-state index contributed by atoms with van der Waals surface area (Å²) in [6, 6.07) is 2.05. The van der Waals surface area contributed by atoms with Gasteiger partial charge in [-0.05, 0) is 15.9 Å². The van der Waals surface area contributed by atoms with E-state index in [1.165, 1.54) is 0 Å². The Labute approximate surface area is 80.9 Å². The maximum atomic E-state index is 12.9. The highest BCUT2D eigenvalue weighted by atomic mass is 79.9. The average molecular weight is 250 g/mol.